The Morgan fingerprint density at radius 1 is 1.30 bits per heavy atom. The summed E-state index contributed by atoms with van der Waals surface area (Å²) in [4.78, 5) is 14.2. The second-order valence-electron chi connectivity index (χ2n) is 7.83. The van der Waals surface area contributed by atoms with Gasteiger partial charge in [-0.25, -0.2) is 4.79 Å². The molecule has 1 fully saturated rings. The number of carbonyl (C=O) groups is 1. The molecule has 1 amide bonds. The van der Waals surface area contributed by atoms with Crippen molar-refractivity contribution in [1.82, 2.24) is 10.2 Å². The molecule has 2 aliphatic heterocycles. The van der Waals surface area contributed by atoms with Crippen molar-refractivity contribution in [2.45, 2.75) is 50.2 Å². The van der Waals surface area contributed by atoms with Gasteiger partial charge in [-0.3, -0.25) is 4.90 Å². The van der Waals surface area contributed by atoms with Crippen LogP contribution in [0.4, 0.5) is 10.5 Å². The average molecular weight is 394 g/mol. The summed E-state index contributed by atoms with van der Waals surface area (Å²) in [7, 11) is -3.66. The number of ether oxygens (including phenoxy) is 1. The molecule has 2 N–H and O–H groups in total. The highest BCUT2D eigenvalue weighted by Gasteiger charge is 2.27. The van der Waals surface area contributed by atoms with Gasteiger partial charge in [0.1, 0.15) is 16.3 Å². The van der Waals surface area contributed by atoms with Gasteiger partial charge in [0.2, 0.25) is 0 Å². The maximum Gasteiger partial charge on any atom is 0.407 e. The Balaban J connectivity index is 1.53. The Hall–Kier alpha value is -2.13. The number of nitrogens with zero attached hydrogens (tertiary/aromatic N) is 2. The van der Waals surface area contributed by atoms with E-state index in [1.807, 2.05) is 20.8 Å². The number of rotatable bonds is 3. The van der Waals surface area contributed by atoms with Crippen LogP contribution in [0.25, 0.3) is 0 Å². The van der Waals surface area contributed by atoms with Gasteiger partial charge in [0.15, 0.2) is 0 Å². The standard InChI is InChI=1S/C18H26N4O4S/c1-18(2,3)26-17(23)19-13-8-10-22(11-9-13)12-16-20-14-6-4-5-7-15(14)27(24,25)21-16/h4-7,13H,8-12H2,1-3H3,(H,19,23)(H,20,21). The largest absolute Gasteiger partial charge is 0.444 e. The smallest absolute Gasteiger partial charge is 0.407 e. The Morgan fingerprint density at radius 3 is 2.63 bits per heavy atom. The van der Waals surface area contributed by atoms with Gasteiger partial charge in [-0.1, -0.05) is 12.1 Å². The molecule has 0 spiro atoms. The molecular formula is C18H26N4O4S. The van der Waals surface area contributed by atoms with E-state index in [1.165, 1.54) is 0 Å². The van der Waals surface area contributed by atoms with Crippen LogP contribution in [0.2, 0.25) is 0 Å². The van der Waals surface area contributed by atoms with E-state index in [9.17, 15) is 13.2 Å². The van der Waals surface area contributed by atoms with Gasteiger partial charge in [-0.2, -0.15) is 8.42 Å². The zero-order chi connectivity index (χ0) is 19.7. The van der Waals surface area contributed by atoms with E-state index in [0.29, 0.717) is 18.1 Å². The lowest BCUT2D eigenvalue weighted by Gasteiger charge is -2.33. The van der Waals surface area contributed by atoms with Crippen molar-refractivity contribution in [3.63, 3.8) is 0 Å². The maximum atomic E-state index is 12.3. The summed E-state index contributed by atoms with van der Waals surface area (Å²) >= 11 is 0. The fourth-order valence-corrected chi connectivity index (χ4v) is 4.30. The first-order valence-corrected chi connectivity index (χ1v) is 10.5. The second-order valence-corrected chi connectivity index (χ2v) is 9.40. The Labute approximate surface area is 160 Å². The van der Waals surface area contributed by atoms with Crippen molar-refractivity contribution in [2.24, 2.45) is 4.40 Å². The van der Waals surface area contributed by atoms with Gasteiger partial charge >= 0.3 is 6.09 Å². The lowest BCUT2D eigenvalue weighted by atomic mass is 10.1. The first-order valence-electron chi connectivity index (χ1n) is 9.04. The second kappa shape index (κ2) is 7.47. The Bertz CT molecular complexity index is 837. The van der Waals surface area contributed by atoms with Gasteiger partial charge in [-0.15, -0.1) is 4.40 Å². The lowest BCUT2D eigenvalue weighted by molar-refractivity contribution is 0.0481. The number of benzene rings is 1. The number of hydrogen-bond acceptors (Lipinski definition) is 6. The quantitative estimate of drug-likeness (QED) is 0.815. The third kappa shape index (κ3) is 5.20. The average Bonchev–Trinajstić information content (AvgIpc) is 2.54. The van der Waals surface area contributed by atoms with E-state index >= 15 is 0 Å². The summed E-state index contributed by atoms with van der Waals surface area (Å²) in [5, 5.41) is 6.00. The van der Waals surface area contributed by atoms with Crippen molar-refractivity contribution in [2.75, 3.05) is 25.0 Å². The minimum atomic E-state index is -3.66. The van der Waals surface area contributed by atoms with Gasteiger partial charge in [-0.05, 0) is 45.7 Å². The normalized spacial score (nSPS) is 20.2. The highest BCUT2D eigenvalue weighted by atomic mass is 32.2. The third-order valence-corrected chi connectivity index (χ3v) is 5.73. The molecule has 3 rings (SSSR count). The topological polar surface area (TPSA) is 100 Å². The molecule has 148 valence electrons. The zero-order valence-corrected chi connectivity index (χ0v) is 16.7. The number of carbonyl (C=O) groups excluding carboxylic acids is 1. The van der Waals surface area contributed by atoms with Crippen LogP contribution >= 0.6 is 0 Å². The van der Waals surface area contributed by atoms with Crippen LogP contribution < -0.4 is 10.6 Å². The molecule has 0 aliphatic carbocycles. The van der Waals surface area contributed by atoms with Crippen molar-refractivity contribution in [3.8, 4) is 0 Å². The number of amides is 1. The van der Waals surface area contributed by atoms with Gasteiger partial charge in [0.25, 0.3) is 10.0 Å². The van der Waals surface area contributed by atoms with E-state index < -0.39 is 21.7 Å². The predicted octanol–water partition coefficient (Wildman–Crippen LogP) is 2.19. The number of fused-ring (bicyclic) bond motifs is 1. The van der Waals surface area contributed by atoms with Crippen LogP contribution in [-0.4, -0.2) is 56.5 Å². The fraction of sp³-hybridized carbons (Fsp3) is 0.556. The Kier molecular flexibility index (Phi) is 5.43. The molecule has 9 heteroatoms. The summed E-state index contributed by atoms with van der Waals surface area (Å²) in [6.45, 7) is 7.40. The first-order chi connectivity index (χ1) is 12.6. The van der Waals surface area contributed by atoms with E-state index in [-0.39, 0.29) is 10.9 Å². The van der Waals surface area contributed by atoms with E-state index in [0.717, 1.165) is 25.9 Å². The molecule has 8 nitrogen and oxygen atoms in total. The van der Waals surface area contributed by atoms with E-state index in [2.05, 4.69) is 19.9 Å². The Morgan fingerprint density at radius 2 is 1.96 bits per heavy atom. The first kappa shape index (κ1) is 19.6. The highest BCUT2D eigenvalue weighted by Crippen LogP contribution is 2.26. The molecule has 0 bridgehead atoms. The summed E-state index contributed by atoms with van der Waals surface area (Å²) in [6, 6.07) is 6.81. The summed E-state index contributed by atoms with van der Waals surface area (Å²) in [6.07, 6.45) is 1.15. The van der Waals surface area contributed by atoms with E-state index in [1.54, 1.807) is 24.3 Å². The molecular weight excluding hydrogens is 368 g/mol. The van der Waals surface area contributed by atoms with Crippen molar-refractivity contribution in [1.29, 1.82) is 0 Å². The van der Waals surface area contributed by atoms with Gasteiger partial charge in [0.05, 0.1) is 12.2 Å². The molecule has 1 saturated heterocycles. The number of nitrogens with one attached hydrogen (secondary N) is 2. The van der Waals surface area contributed by atoms with Crippen molar-refractivity contribution < 1.29 is 17.9 Å². The van der Waals surface area contributed by atoms with E-state index in [4.69, 9.17) is 4.74 Å². The molecule has 1 aromatic rings. The van der Waals surface area contributed by atoms with Gasteiger partial charge < -0.3 is 15.4 Å². The minimum Gasteiger partial charge on any atom is -0.444 e. The van der Waals surface area contributed by atoms with Crippen LogP contribution in [0.1, 0.15) is 33.6 Å². The lowest BCUT2D eigenvalue weighted by Crippen LogP contribution is -2.47. The summed E-state index contributed by atoms with van der Waals surface area (Å²) in [5.74, 6) is 0.423. The van der Waals surface area contributed by atoms with Crippen molar-refractivity contribution >= 4 is 27.6 Å². The molecule has 2 heterocycles. The van der Waals surface area contributed by atoms with Gasteiger partial charge in [0, 0.05) is 19.1 Å². The number of sulfonamides is 1. The van der Waals surface area contributed by atoms with Crippen LogP contribution in [0, 0.1) is 0 Å². The molecule has 0 radical (unpaired) electrons. The highest BCUT2D eigenvalue weighted by molar-refractivity contribution is 7.90. The SMILES string of the molecule is CC(C)(C)OC(=O)NC1CCN(CC2=NS(=O)(=O)c3ccccc3N2)CC1. The number of amidine groups is 1. The minimum absolute atomic E-state index is 0.0572. The molecule has 0 saturated carbocycles. The monoisotopic (exact) mass is 394 g/mol. The number of hydrogen-bond donors (Lipinski definition) is 2. The van der Waals surface area contributed by atoms with Crippen LogP contribution in [0.15, 0.2) is 33.6 Å². The van der Waals surface area contributed by atoms with Crippen LogP contribution in [0.5, 0.6) is 0 Å². The number of anilines is 1. The molecule has 0 aromatic heterocycles. The molecule has 2 aliphatic rings. The molecule has 0 unspecified atom stereocenters. The third-order valence-electron chi connectivity index (χ3n) is 4.36. The summed E-state index contributed by atoms with van der Waals surface area (Å²) < 4.78 is 33.8. The van der Waals surface area contributed by atoms with Crippen molar-refractivity contribution in [3.05, 3.63) is 24.3 Å². The van der Waals surface area contributed by atoms with Crippen LogP contribution in [-0.2, 0) is 14.8 Å². The van der Waals surface area contributed by atoms with Crippen LogP contribution in [0.3, 0.4) is 0 Å². The molecule has 27 heavy (non-hydrogen) atoms. The maximum absolute atomic E-state index is 12.3. The molecule has 1 aromatic carbocycles. The number of likely N-dealkylation sites (tertiary alicyclic amines) is 1. The number of para-hydroxylation sites is 1. The summed E-state index contributed by atoms with van der Waals surface area (Å²) in [5.41, 5.74) is 0.0427. The fourth-order valence-electron chi connectivity index (χ4n) is 3.16. The zero-order valence-electron chi connectivity index (χ0n) is 15.9. The number of alkyl carbamates (subject to hydrolysis) is 1. The predicted molar refractivity (Wildman–Crippen MR) is 104 cm³/mol. The molecule has 0 atom stereocenters. The number of piperidine rings is 1.